The van der Waals surface area contributed by atoms with E-state index in [0.717, 1.165) is 0 Å². The summed E-state index contributed by atoms with van der Waals surface area (Å²) in [6.07, 6.45) is -4.87. The Morgan fingerprint density at radius 3 is 2.32 bits per heavy atom. The van der Waals surface area contributed by atoms with Crippen LogP contribution in [-0.4, -0.2) is 16.4 Å². The first-order valence-electron chi connectivity index (χ1n) is 6.50. The summed E-state index contributed by atoms with van der Waals surface area (Å²) in [6, 6.07) is 1.37. The summed E-state index contributed by atoms with van der Waals surface area (Å²) in [5, 5.41) is 0.989. The van der Waals surface area contributed by atoms with Crippen molar-refractivity contribution in [3.63, 3.8) is 0 Å². The number of halogens is 5. The van der Waals surface area contributed by atoms with Gasteiger partial charge >= 0.3 is 6.18 Å². The summed E-state index contributed by atoms with van der Waals surface area (Å²) in [5.41, 5.74) is 1.57. The lowest BCUT2D eigenvalue weighted by molar-refractivity contribution is -0.137. The second-order valence-corrected chi connectivity index (χ2v) is 5.47. The quantitative estimate of drug-likeness (QED) is 0.589. The number of benzene rings is 1. The number of nitrogens with two attached hydrogens (primary N) is 1. The lowest BCUT2D eigenvalue weighted by Gasteiger charge is -2.15. The standard InChI is InChI=1S/C14H6ClF4N3O3/c15-6-1-4(14(17,18)19)2-7(10(6)16)22-8(23)3-5-9(11(22)20)13(25)21-12(5)24/h1-3H,20H2,(H,21,24,25). The number of imide groups is 1. The van der Waals surface area contributed by atoms with Crippen molar-refractivity contribution in [1.29, 1.82) is 0 Å². The average Bonchev–Trinajstić information content (AvgIpc) is 2.76. The van der Waals surface area contributed by atoms with E-state index in [1.807, 2.05) is 5.32 Å². The topological polar surface area (TPSA) is 94.2 Å². The average molecular weight is 376 g/mol. The normalized spacial score (nSPS) is 13.8. The van der Waals surface area contributed by atoms with Crippen LogP contribution >= 0.6 is 11.6 Å². The van der Waals surface area contributed by atoms with E-state index in [4.69, 9.17) is 17.3 Å². The third-order valence-corrected chi connectivity index (χ3v) is 3.81. The number of pyridine rings is 1. The van der Waals surface area contributed by atoms with Crippen molar-refractivity contribution in [2.24, 2.45) is 0 Å². The molecule has 1 aliphatic rings. The zero-order valence-corrected chi connectivity index (χ0v) is 12.6. The van der Waals surface area contributed by atoms with Gasteiger partial charge in [-0.2, -0.15) is 13.2 Å². The van der Waals surface area contributed by atoms with Crippen LogP contribution in [0.5, 0.6) is 0 Å². The SMILES string of the molecule is Nc1c2c(cc(=O)n1-c1cc(C(F)(F)F)cc(Cl)c1F)C(=O)NC2=O. The highest BCUT2D eigenvalue weighted by molar-refractivity contribution is 6.31. The first-order chi connectivity index (χ1) is 11.5. The Bertz CT molecular complexity index is 1010. The number of hydrogen-bond acceptors (Lipinski definition) is 4. The fraction of sp³-hybridized carbons (Fsp3) is 0.0714. The minimum Gasteiger partial charge on any atom is -0.384 e. The van der Waals surface area contributed by atoms with Crippen LogP contribution < -0.4 is 16.6 Å². The van der Waals surface area contributed by atoms with Crippen LogP contribution in [0.25, 0.3) is 5.69 Å². The molecule has 3 N–H and O–H groups in total. The molecule has 0 radical (unpaired) electrons. The van der Waals surface area contributed by atoms with E-state index in [1.54, 1.807) is 0 Å². The molecule has 11 heteroatoms. The van der Waals surface area contributed by atoms with E-state index in [-0.39, 0.29) is 5.56 Å². The fourth-order valence-corrected chi connectivity index (χ4v) is 2.64. The van der Waals surface area contributed by atoms with Crippen LogP contribution in [0.3, 0.4) is 0 Å². The Kier molecular flexibility index (Phi) is 3.60. The molecule has 0 bridgehead atoms. The zero-order chi connectivity index (χ0) is 18.7. The van der Waals surface area contributed by atoms with Crippen molar-refractivity contribution in [3.05, 3.63) is 56.1 Å². The minimum absolute atomic E-state index is 0.333. The molecule has 0 aliphatic carbocycles. The number of nitrogen functional groups attached to an aromatic ring is 1. The Balaban J connectivity index is 2.38. The van der Waals surface area contributed by atoms with E-state index in [9.17, 15) is 31.9 Å². The molecule has 1 aromatic heterocycles. The maximum Gasteiger partial charge on any atom is 0.416 e. The lowest BCUT2D eigenvalue weighted by atomic mass is 10.1. The smallest absolute Gasteiger partial charge is 0.384 e. The molecular weight excluding hydrogens is 370 g/mol. The number of anilines is 1. The van der Waals surface area contributed by atoms with Gasteiger partial charge in [-0.05, 0) is 12.1 Å². The Labute approximate surface area is 140 Å². The summed E-state index contributed by atoms with van der Waals surface area (Å²) in [5.74, 6) is -3.86. The number of amides is 2. The van der Waals surface area contributed by atoms with Crippen molar-refractivity contribution in [2.75, 3.05) is 5.73 Å². The van der Waals surface area contributed by atoms with Crippen molar-refractivity contribution >= 4 is 29.2 Å². The molecule has 0 saturated heterocycles. The third-order valence-electron chi connectivity index (χ3n) is 3.53. The highest BCUT2D eigenvalue weighted by Crippen LogP contribution is 2.35. The van der Waals surface area contributed by atoms with Crippen LogP contribution in [0, 0.1) is 5.82 Å². The van der Waals surface area contributed by atoms with Gasteiger partial charge in [0, 0.05) is 6.07 Å². The van der Waals surface area contributed by atoms with Gasteiger partial charge in [-0.1, -0.05) is 11.6 Å². The number of nitrogens with one attached hydrogen (secondary N) is 1. The molecule has 0 fully saturated rings. The van der Waals surface area contributed by atoms with Gasteiger partial charge in [0.15, 0.2) is 5.82 Å². The van der Waals surface area contributed by atoms with E-state index < -0.39 is 57.0 Å². The summed E-state index contributed by atoms with van der Waals surface area (Å²) >= 11 is 5.48. The molecule has 1 aliphatic heterocycles. The largest absolute Gasteiger partial charge is 0.416 e. The molecule has 0 unspecified atom stereocenters. The predicted octanol–water partition coefficient (Wildman–Crippen LogP) is 2.11. The molecule has 0 spiro atoms. The van der Waals surface area contributed by atoms with E-state index in [0.29, 0.717) is 22.8 Å². The fourth-order valence-electron chi connectivity index (χ4n) is 2.43. The Morgan fingerprint density at radius 2 is 1.72 bits per heavy atom. The van der Waals surface area contributed by atoms with E-state index in [2.05, 4.69) is 0 Å². The Morgan fingerprint density at radius 1 is 1.08 bits per heavy atom. The van der Waals surface area contributed by atoms with Crippen LogP contribution in [0.2, 0.25) is 5.02 Å². The zero-order valence-electron chi connectivity index (χ0n) is 11.9. The molecule has 25 heavy (non-hydrogen) atoms. The number of carbonyl (C=O) groups is 2. The van der Waals surface area contributed by atoms with Crippen LogP contribution in [-0.2, 0) is 6.18 Å². The highest BCUT2D eigenvalue weighted by atomic mass is 35.5. The van der Waals surface area contributed by atoms with Gasteiger partial charge < -0.3 is 5.73 Å². The van der Waals surface area contributed by atoms with E-state index in [1.165, 1.54) is 0 Å². The molecular formula is C14H6ClF4N3O3. The summed E-state index contributed by atoms with van der Waals surface area (Å²) in [7, 11) is 0. The number of nitrogens with zero attached hydrogens (tertiary/aromatic N) is 1. The number of fused-ring (bicyclic) bond motifs is 1. The number of carbonyl (C=O) groups excluding carboxylic acids is 2. The third kappa shape index (κ3) is 2.54. The van der Waals surface area contributed by atoms with Crippen LogP contribution in [0.1, 0.15) is 26.3 Å². The summed E-state index contributed by atoms with van der Waals surface area (Å²) < 4.78 is 53.4. The van der Waals surface area contributed by atoms with Crippen molar-refractivity contribution in [3.8, 4) is 5.69 Å². The maximum absolute atomic E-state index is 14.3. The first kappa shape index (κ1) is 17.0. The number of rotatable bonds is 1. The van der Waals surface area contributed by atoms with Gasteiger partial charge in [-0.15, -0.1) is 0 Å². The van der Waals surface area contributed by atoms with Gasteiger partial charge in [0.25, 0.3) is 17.4 Å². The molecule has 0 atom stereocenters. The Hall–Kier alpha value is -2.88. The lowest BCUT2D eigenvalue weighted by Crippen LogP contribution is -2.25. The van der Waals surface area contributed by atoms with Crippen molar-refractivity contribution < 1.29 is 27.2 Å². The summed E-state index contributed by atoms with van der Waals surface area (Å²) in [4.78, 5) is 35.5. The minimum atomic E-state index is -4.87. The predicted molar refractivity (Wildman–Crippen MR) is 78.2 cm³/mol. The van der Waals surface area contributed by atoms with Gasteiger partial charge in [-0.3, -0.25) is 24.3 Å². The van der Waals surface area contributed by atoms with E-state index >= 15 is 0 Å². The molecule has 1 aromatic carbocycles. The number of aromatic nitrogens is 1. The molecule has 2 aromatic rings. The van der Waals surface area contributed by atoms with Gasteiger partial charge in [0.2, 0.25) is 0 Å². The second kappa shape index (κ2) is 5.31. The maximum atomic E-state index is 14.3. The van der Waals surface area contributed by atoms with Gasteiger partial charge in [0.05, 0.1) is 27.4 Å². The first-order valence-corrected chi connectivity index (χ1v) is 6.88. The van der Waals surface area contributed by atoms with Gasteiger partial charge in [-0.25, -0.2) is 4.39 Å². The molecule has 130 valence electrons. The van der Waals surface area contributed by atoms with Crippen molar-refractivity contribution in [1.82, 2.24) is 9.88 Å². The molecule has 2 heterocycles. The monoisotopic (exact) mass is 375 g/mol. The second-order valence-electron chi connectivity index (χ2n) is 5.06. The molecule has 0 saturated carbocycles. The molecule has 3 rings (SSSR count). The highest BCUT2D eigenvalue weighted by Gasteiger charge is 2.35. The van der Waals surface area contributed by atoms with Gasteiger partial charge in [0.1, 0.15) is 5.82 Å². The van der Waals surface area contributed by atoms with Crippen LogP contribution in [0.4, 0.5) is 23.4 Å². The van der Waals surface area contributed by atoms with Crippen molar-refractivity contribution in [2.45, 2.75) is 6.18 Å². The number of hydrogen-bond donors (Lipinski definition) is 2. The molecule has 6 nitrogen and oxygen atoms in total. The molecule has 2 amide bonds. The number of alkyl halides is 3. The summed E-state index contributed by atoms with van der Waals surface area (Å²) in [6.45, 7) is 0. The van der Waals surface area contributed by atoms with Crippen LogP contribution in [0.15, 0.2) is 23.0 Å².